The highest BCUT2D eigenvalue weighted by molar-refractivity contribution is 7.18. The number of thiophene rings is 1. The van der Waals surface area contributed by atoms with Gasteiger partial charge in [0.2, 0.25) is 0 Å². The highest BCUT2D eigenvalue weighted by Gasteiger charge is 2.34. The van der Waals surface area contributed by atoms with Crippen LogP contribution in [-0.2, 0) is 19.4 Å². The smallest absolute Gasteiger partial charge is 0.262 e. The van der Waals surface area contributed by atoms with Crippen molar-refractivity contribution in [3.63, 3.8) is 0 Å². The predicted molar refractivity (Wildman–Crippen MR) is 132 cm³/mol. The van der Waals surface area contributed by atoms with E-state index in [1.165, 1.54) is 9.78 Å². The fourth-order valence-corrected chi connectivity index (χ4v) is 6.33. The summed E-state index contributed by atoms with van der Waals surface area (Å²) in [6.45, 7) is 0.636. The van der Waals surface area contributed by atoms with Crippen LogP contribution in [0.25, 0.3) is 21.6 Å². The van der Waals surface area contributed by atoms with Gasteiger partial charge in [0.1, 0.15) is 10.7 Å². The minimum atomic E-state index is -0.267. The topological polar surface area (TPSA) is 72.3 Å². The van der Waals surface area contributed by atoms with Crippen molar-refractivity contribution in [2.45, 2.75) is 38.6 Å². The summed E-state index contributed by atoms with van der Waals surface area (Å²) in [4.78, 5) is 47.6. The van der Waals surface area contributed by atoms with E-state index in [-0.39, 0.29) is 23.9 Å². The van der Waals surface area contributed by atoms with Gasteiger partial charge in [-0.15, -0.1) is 11.3 Å². The summed E-state index contributed by atoms with van der Waals surface area (Å²) in [6.07, 6.45) is 4.66. The van der Waals surface area contributed by atoms with Crippen LogP contribution in [-0.4, -0.2) is 32.8 Å². The van der Waals surface area contributed by atoms with Crippen LogP contribution in [0.3, 0.4) is 0 Å². The summed E-state index contributed by atoms with van der Waals surface area (Å²) >= 11 is 1.65. The van der Waals surface area contributed by atoms with Crippen LogP contribution in [0.2, 0.25) is 0 Å². The van der Waals surface area contributed by atoms with E-state index in [4.69, 9.17) is 4.98 Å². The Hall–Kier alpha value is -3.58. The van der Waals surface area contributed by atoms with E-state index in [1.807, 2.05) is 30.3 Å². The molecular weight excluding hydrogens is 446 g/mol. The lowest BCUT2D eigenvalue weighted by Gasteiger charge is -2.17. The van der Waals surface area contributed by atoms with Crippen LogP contribution in [0.4, 0.5) is 0 Å². The molecule has 7 heteroatoms. The number of carbonyl (C=O) groups excluding carboxylic acids is 2. The number of nitrogens with zero attached hydrogens (tertiary/aromatic N) is 3. The number of aromatic nitrogens is 2. The van der Waals surface area contributed by atoms with Gasteiger partial charge in [0.25, 0.3) is 17.4 Å². The molecule has 3 heterocycles. The molecule has 2 amide bonds. The number of amides is 2. The minimum absolute atomic E-state index is 0.0226. The number of benzene rings is 2. The number of carbonyl (C=O) groups is 2. The van der Waals surface area contributed by atoms with Crippen LogP contribution in [0.5, 0.6) is 0 Å². The first-order valence-electron chi connectivity index (χ1n) is 11.7. The van der Waals surface area contributed by atoms with Crippen LogP contribution in [0, 0.1) is 0 Å². The summed E-state index contributed by atoms with van der Waals surface area (Å²) in [5.74, 6) is 0.104. The molecule has 0 N–H and O–H groups in total. The highest BCUT2D eigenvalue weighted by atomic mass is 32.1. The zero-order chi connectivity index (χ0) is 23.2. The molecule has 0 radical (unpaired) electrons. The van der Waals surface area contributed by atoms with E-state index in [0.29, 0.717) is 29.9 Å². The van der Waals surface area contributed by atoms with Gasteiger partial charge in [-0.05, 0) is 49.8 Å². The minimum Gasteiger partial charge on any atom is -0.292 e. The molecule has 0 saturated heterocycles. The fraction of sp³-hybridized carbons (Fsp3) is 0.259. The number of hydrogen-bond acceptors (Lipinski definition) is 5. The Morgan fingerprint density at radius 1 is 0.824 bits per heavy atom. The molecule has 0 atom stereocenters. The number of aryl methyl sites for hydroxylation is 2. The van der Waals surface area contributed by atoms with E-state index < -0.39 is 0 Å². The van der Waals surface area contributed by atoms with E-state index in [9.17, 15) is 14.4 Å². The summed E-state index contributed by atoms with van der Waals surface area (Å²) in [6, 6.07) is 16.6. The molecule has 0 bridgehead atoms. The molecule has 6 rings (SSSR count). The van der Waals surface area contributed by atoms with E-state index >= 15 is 0 Å². The molecule has 0 spiro atoms. The second-order valence-electron chi connectivity index (χ2n) is 8.81. The summed E-state index contributed by atoms with van der Waals surface area (Å²) in [7, 11) is 0. The van der Waals surface area contributed by atoms with Crippen molar-refractivity contribution < 1.29 is 9.59 Å². The molecule has 2 aliphatic rings. The Kier molecular flexibility index (Phi) is 5.14. The van der Waals surface area contributed by atoms with Crippen molar-refractivity contribution in [3.8, 4) is 11.4 Å². The van der Waals surface area contributed by atoms with Gasteiger partial charge in [0, 0.05) is 23.5 Å². The molecule has 34 heavy (non-hydrogen) atoms. The Labute approximate surface area is 200 Å². The highest BCUT2D eigenvalue weighted by Crippen LogP contribution is 2.35. The first kappa shape index (κ1) is 21.0. The molecule has 0 unspecified atom stereocenters. The molecule has 4 aromatic rings. The molecular formula is C27H23N3O3S. The summed E-state index contributed by atoms with van der Waals surface area (Å²) in [5.41, 5.74) is 2.92. The maximum Gasteiger partial charge on any atom is 0.262 e. The van der Waals surface area contributed by atoms with Gasteiger partial charge >= 0.3 is 0 Å². The largest absolute Gasteiger partial charge is 0.292 e. The molecule has 6 nitrogen and oxygen atoms in total. The Morgan fingerprint density at radius 3 is 2.24 bits per heavy atom. The van der Waals surface area contributed by atoms with Crippen LogP contribution < -0.4 is 5.56 Å². The third-order valence-electron chi connectivity index (χ3n) is 6.75. The molecule has 170 valence electrons. The standard InChI is InChI=1S/C27H23N3O3S/c31-25-18-11-4-5-12-19(18)26(32)30(25)16-8-15-29-23(17-9-2-1-3-10-17)28-24-22(27(29)33)20-13-6-7-14-21(20)34-24/h1-5,9-12H,6-8,13-16H2. The monoisotopic (exact) mass is 469 g/mol. The maximum absolute atomic E-state index is 13.8. The van der Waals surface area contributed by atoms with Crippen molar-refractivity contribution in [1.29, 1.82) is 0 Å². The zero-order valence-electron chi connectivity index (χ0n) is 18.6. The van der Waals surface area contributed by atoms with Crippen LogP contribution in [0.15, 0.2) is 59.4 Å². The first-order chi connectivity index (χ1) is 16.6. The predicted octanol–water partition coefficient (Wildman–Crippen LogP) is 4.69. The molecule has 1 aliphatic heterocycles. The summed E-state index contributed by atoms with van der Waals surface area (Å²) < 4.78 is 1.73. The third kappa shape index (κ3) is 3.30. The average Bonchev–Trinajstić information content (AvgIpc) is 3.36. The lowest BCUT2D eigenvalue weighted by molar-refractivity contribution is 0.0650. The van der Waals surface area contributed by atoms with Gasteiger partial charge in [0.05, 0.1) is 16.5 Å². The summed E-state index contributed by atoms with van der Waals surface area (Å²) in [5, 5.41) is 0.750. The van der Waals surface area contributed by atoms with Crippen LogP contribution in [0.1, 0.15) is 50.4 Å². The number of imide groups is 1. The van der Waals surface area contributed by atoms with Gasteiger partial charge in [-0.1, -0.05) is 42.5 Å². The first-order valence-corrected chi connectivity index (χ1v) is 12.5. The SMILES string of the molecule is O=C1c2ccccc2C(=O)N1CCCn1c(-c2ccccc2)nc2sc3c(c2c1=O)CCCC3. The van der Waals surface area contributed by atoms with Gasteiger partial charge in [0.15, 0.2) is 0 Å². The fourth-order valence-electron chi connectivity index (χ4n) is 5.08. The average molecular weight is 470 g/mol. The number of rotatable bonds is 5. The van der Waals surface area contributed by atoms with Gasteiger partial charge < -0.3 is 0 Å². The lowest BCUT2D eigenvalue weighted by Crippen LogP contribution is -2.32. The Balaban J connectivity index is 1.36. The molecule has 1 aliphatic carbocycles. The van der Waals surface area contributed by atoms with Crippen molar-refractivity contribution in [2.24, 2.45) is 0 Å². The van der Waals surface area contributed by atoms with Crippen molar-refractivity contribution in [3.05, 3.63) is 86.5 Å². The van der Waals surface area contributed by atoms with E-state index in [1.54, 1.807) is 40.2 Å². The maximum atomic E-state index is 13.8. The molecule has 0 fully saturated rings. The van der Waals surface area contributed by atoms with Crippen molar-refractivity contribution >= 4 is 33.4 Å². The quantitative estimate of drug-likeness (QED) is 0.398. The normalized spacial score (nSPS) is 15.1. The van der Waals surface area contributed by atoms with Gasteiger partial charge in [-0.2, -0.15) is 0 Å². The van der Waals surface area contributed by atoms with E-state index in [2.05, 4.69) is 0 Å². The van der Waals surface area contributed by atoms with Crippen molar-refractivity contribution in [1.82, 2.24) is 14.5 Å². The Morgan fingerprint density at radius 2 is 1.50 bits per heavy atom. The second-order valence-corrected chi connectivity index (χ2v) is 9.89. The molecule has 2 aromatic heterocycles. The Bertz CT molecular complexity index is 1470. The van der Waals surface area contributed by atoms with Crippen molar-refractivity contribution in [2.75, 3.05) is 6.54 Å². The van der Waals surface area contributed by atoms with E-state index in [0.717, 1.165) is 47.0 Å². The molecule has 2 aromatic carbocycles. The third-order valence-corrected chi connectivity index (χ3v) is 7.93. The van der Waals surface area contributed by atoms with Gasteiger partial charge in [-0.3, -0.25) is 23.9 Å². The molecule has 0 saturated carbocycles. The zero-order valence-corrected chi connectivity index (χ0v) is 19.4. The second kappa shape index (κ2) is 8.33. The number of hydrogen-bond donors (Lipinski definition) is 0. The van der Waals surface area contributed by atoms with Gasteiger partial charge in [-0.25, -0.2) is 4.98 Å². The number of fused-ring (bicyclic) bond motifs is 4. The lowest BCUT2D eigenvalue weighted by atomic mass is 9.97. The van der Waals surface area contributed by atoms with Crippen LogP contribution >= 0.6 is 11.3 Å².